The van der Waals surface area contributed by atoms with Crippen LogP contribution >= 0.6 is 0 Å². The molecule has 3 N–H and O–H groups in total. The van der Waals surface area contributed by atoms with Crippen molar-refractivity contribution in [3.63, 3.8) is 0 Å². The maximum absolute atomic E-state index is 12.2. The van der Waals surface area contributed by atoms with Crippen LogP contribution in [0.1, 0.15) is 38.8 Å². The van der Waals surface area contributed by atoms with Gasteiger partial charge in [0.05, 0.1) is 25.3 Å². The van der Waals surface area contributed by atoms with Gasteiger partial charge in [0.15, 0.2) is 0 Å². The largest absolute Gasteiger partial charge is 0.394 e. The Morgan fingerprint density at radius 1 is 1.23 bits per heavy atom. The number of hydrogen-bond acceptors (Lipinski definition) is 3. The zero-order valence-corrected chi connectivity index (χ0v) is 13.9. The highest BCUT2D eigenvalue weighted by atomic mass is 16.5. The Morgan fingerprint density at radius 2 is 1.86 bits per heavy atom. The van der Waals surface area contributed by atoms with Crippen LogP contribution in [0.2, 0.25) is 0 Å². The predicted molar refractivity (Wildman–Crippen MR) is 87.7 cm³/mol. The third-order valence-corrected chi connectivity index (χ3v) is 3.25. The molecule has 0 radical (unpaired) electrons. The molecule has 5 nitrogen and oxygen atoms in total. The van der Waals surface area contributed by atoms with Gasteiger partial charge in [-0.1, -0.05) is 51.1 Å². The molecule has 2 amide bonds. The van der Waals surface area contributed by atoms with Gasteiger partial charge in [-0.15, -0.1) is 0 Å². The van der Waals surface area contributed by atoms with Crippen LogP contribution in [0, 0.1) is 5.41 Å². The van der Waals surface area contributed by atoms with Crippen molar-refractivity contribution in [2.24, 2.45) is 5.41 Å². The van der Waals surface area contributed by atoms with Gasteiger partial charge in [0.25, 0.3) is 0 Å². The van der Waals surface area contributed by atoms with Gasteiger partial charge in [-0.25, -0.2) is 4.79 Å². The number of ether oxygens (including phenoxy) is 1. The van der Waals surface area contributed by atoms with Gasteiger partial charge >= 0.3 is 6.03 Å². The van der Waals surface area contributed by atoms with Crippen molar-refractivity contribution < 1.29 is 14.6 Å². The molecule has 0 aliphatic heterocycles. The lowest BCUT2D eigenvalue weighted by Gasteiger charge is -2.26. The number of amides is 2. The Bertz CT molecular complexity index is 443. The van der Waals surface area contributed by atoms with Crippen LogP contribution in [-0.4, -0.2) is 37.5 Å². The molecule has 0 spiro atoms. The number of nitrogens with one attached hydrogen (secondary N) is 2. The normalized spacial score (nSPS) is 14.2. The Morgan fingerprint density at radius 3 is 2.36 bits per heavy atom. The maximum atomic E-state index is 12.2. The van der Waals surface area contributed by atoms with Crippen molar-refractivity contribution in [1.82, 2.24) is 10.6 Å². The van der Waals surface area contributed by atoms with E-state index in [-0.39, 0.29) is 30.1 Å². The lowest BCUT2D eigenvalue weighted by molar-refractivity contribution is 0.160. The molecular weight excluding hydrogens is 280 g/mol. The van der Waals surface area contributed by atoms with Crippen LogP contribution in [0.4, 0.5) is 4.79 Å². The van der Waals surface area contributed by atoms with Crippen LogP contribution in [-0.2, 0) is 4.74 Å². The minimum atomic E-state index is -0.297. The first-order chi connectivity index (χ1) is 10.4. The Balaban J connectivity index is 2.63. The highest BCUT2D eigenvalue weighted by Crippen LogP contribution is 2.20. The summed E-state index contributed by atoms with van der Waals surface area (Å²) in [6.45, 7) is 6.54. The molecule has 5 heteroatoms. The van der Waals surface area contributed by atoms with E-state index in [2.05, 4.69) is 31.4 Å². The van der Waals surface area contributed by atoms with E-state index in [1.54, 1.807) is 7.11 Å². The first kappa shape index (κ1) is 18.5. The van der Waals surface area contributed by atoms with Crippen LogP contribution in [0.5, 0.6) is 0 Å². The van der Waals surface area contributed by atoms with Gasteiger partial charge in [0.1, 0.15) is 0 Å². The molecule has 0 saturated carbocycles. The van der Waals surface area contributed by atoms with Gasteiger partial charge < -0.3 is 20.5 Å². The average Bonchev–Trinajstić information content (AvgIpc) is 2.45. The molecule has 0 aliphatic rings. The first-order valence-corrected chi connectivity index (χ1v) is 7.57. The van der Waals surface area contributed by atoms with Gasteiger partial charge in [-0.2, -0.15) is 0 Å². The molecule has 0 aromatic heterocycles. The van der Waals surface area contributed by atoms with Crippen molar-refractivity contribution >= 4 is 6.03 Å². The highest BCUT2D eigenvalue weighted by molar-refractivity contribution is 5.74. The third kappa shape index (κ3) is 6.91. The standard InChI is InChI=1S/C17H28N2O3/c1-17(2,3)10-14(11-20)18-16(21)19-15(12-22-4)13-8-6-5-7-9-13/h5-9,14-15,20H,10-12H2,1-4H3,(H2,18,19,21). The van der Waals surface area contributed by atoms with Crippen molar-refractivity contribution in [2.45, 2.75) is 39.3 Å². The fraction of sp³-hybridized carbons (Fsp3) is 0.588. The molecule has 0 aliphatic carbocycles. The highest BCUT2D eigenvalue weighted by Gasteiger charge is 2.21. The monoisotopic (exact) mass is 308 g/mol. The second kappa shape index (κ2) is 8.76. The Labute approximate surface area is 133 Å². The lowest BCUT2D eigenvalue weighted by atomic mass is 9.88. The maximum Gasteiger partial charge on any atom is 0.315 e. The molecule has 2 atom stereocenters. The van der Waals surface area contributed by atoms with Gasteiger partial charge in [0.2, 0.25) is 0 Å². The van der Waals surface area contributed by atoms with E-state index in [4.69, 9.17) is 4.74 Å². The molecule has 1 rings (SSSR count). The van der Waals surface area contributed by atoms with E-state index in [0.717, 1.165) is 5.56 Å². The number of aliphatic hydroxyl groups excluding tert-OH is 1. The molecule has 2 unspecified atom stereocenters. The first-order valence-electron chi connectivity index (χ1n) is 7.57. The molecule has 0 heterocycles. The van der Waals surface area contributed by atoms with Crippen LogP contribution in [0.15, 0.2) is 30.3 Å². The van der Waals surface area contributed by atoms with Crippen molar-refractivity contribution in [3.05, 3.63) is 35.9 Å². The summed E-state index contributed by atoms with van der Waals surface area (Å²) in [6.07, 6.45) is 0.706. The minimum Gasteiger partial charge on any atom is -0.394 e. The number of hydrogen-bond donors (Lipinski definition) is 3. The fourth-order valence-electron chi connectivity index (χ4n) is 2.36. The molecular formula is C17H28N2O3. The SMILES string of the molecule is COCC(NC(=O)NC(CO)CC(C)(C)C)c1ccccc1. The number of carbonyl (C=O) groups excluding carboxylic acids is 1. The quantitative estimate of drug-likeness (QED) is 0.724. The zero-order chi connectivity index (χ0) is 16.6. The number of aliphatic hydroxyl groups is 1. The topological polar surface area (TPSA) is 70.6 Å². The van der Waals surface area contributed by atoms with Crippen molar-refractivity contribution in [1.29, 1.82) is 0 Å². The molecule has 0 saturated heterocycles. The minimum absolute atomic E-state index is 0.0338. The number of carbonyl (C=O) groups is 1. The van der Waals surface area contributed by atoms with Gasteiger partial charge in [-0.3, -0.25) is 0 Å². The van der Waals surface area contributed by atoms with Crippen molar-refractivity contribution in [3.8, 4) is 0 Å². The Hall–Kier alpha value is -1.59. The van der Waals surface area contributed by atoms with Gasteiger partial charge in [0, 0.05) is 7.11 Å². The summed E-state index contributed by atoms with van der Waals surface area (Å²) in [5.74, 6) is 0. The Kier molecular flexibility index (Phi) is 7.35. The van der Waals surface area contributed by atoms with E-state index >= 15 is 0 Å². The molecule has 124 valence electrons. The molecule has 0 bridgehead atoms. The summed E-state index contributed by atoms with van der Waals surface area (Å²) >= 11 is 0. The van der Waals surface area contributed by atoms with E-state index in [1.165, 1.54) is 0 Å². The fourth-order valence-corrected chi connectivity index (χ4v) is 2.36. The van der Waals surface area contributed by atoms with Gasteiger partial charge in [-0.05, 0) is 17.4 Å². The zero-order valence-electron chi connectivity index (χ0n) is 13.9. The number of methoxy groups -OCH3 is 1. The lowest BCUT2D eigenvalue weighted by Crippen LogP contribution is -2.47. The van der Waals surface area contributed by atoms with E-state index in [0.29, 0.717) is 13.0 Å². The summed E-state index contributed by atoms with van der Waals surface area (Å²) in [4.78, 5) is 12.2. The van der Waals surface area contributed by atoms with E-state index < -0.39 is 0 Å². The number of rotatable bonds is 7. The molecule has 22 heavy (non-hydrogen) atoms. The third-order valence-electron chi connectivity index (χ3n) is 3.25. The van der Waals surface area contributed by atoms with E-state index in [9.17, 15) is 9.90 Å². The number of benzene rings is 1. The van der Waals surface area contributed by atoms with Crippen LogP contribution < -0.4 is 10.6 Å². The summed E-state index contributed by atoms with van der Waals surface area (Å²) in [7, 11) is 1.60. The number of urea groups is 1. The van der Waals surface area contributed by atoms with Crippen molar-refractivity contribution in [2.75, 3.05) is 20.3 Å². The second-order valence-corrected chi connectivity index (χ2v) is 6.68. The summed E-state index contributed by atoms with van der Waals surface area (Å²) in [5, 5.41) is 15.2. The van der Waals surface area contributed by atoms with Crippen LogP contribution in [0.3, 0.4) is 0 Å². The summed E-state index contributed by atoms with van der Waals surface area (Å²) < 4.78 is 5.18. The average molecular weight is 308 g/mol. The predicted octanol–water partition coefficient (Wildman–Crippen LogP) is 2.47. The summed E-state index contributed by atoms with van der Waals surface area (Å²) in [6, 6.07) is 8.89. The summed E-state index contributed by atoms with van der Waals surface area (Å²) in [5.41, 5.74) is 1.02. The molecule has 1 aromatic carbocycles. The molecule has 0 fully saturated rings. The second-order valence-electron chi connectivity index (χ2n) is 6.68. The smallest absolute Gasteiger partial charge is 0.315 e. The molecule has 1 aromatic rings. The van der Waals surface area contributed by atoms with E-state index in [1.807, 2.05) is 30.3 Å². The van der Waals surface area contributed by atoms with Crippen LogP contribution in [0.25, 0.3) is 0 Å².